The summed E-state index contributed by atoms with van der Waals surface area (Å²) in [5.41, 5.74) is 1.87. The Morgan fingerprint density at radius 2 is 1.80 bits per heavy atom. The van der Waals surface area contributed by atoms with Gasteiger partial charge >= 0.3 is 5.69 Å². The Morgan fingerprint density at radius 1 is 1.12 bits per heavy atom. The zero-order valence-electron chi connectivity index (χ0n) is 14.4. The minimum absolute atomic E-state index is 0.104. The SMILES string of the molecule is CCc1ccc(Nc2ncnc(NC3CCCCC3)c2[N+](=O)[O-])cc1. The van der Waals surface area contributed by atoms with Crippen molar-refractivity contribution in [3.63, 3.8) is 0 Å². The van der Waals surface area contributed by atoms with Gasteiger partial charge in [0.2, 0.25) is 11.6 Å². The Bertz CT molecular complexity index is 727. The van der Waals surface area contributed by atoms with Gasteiger partial charge in [-0.2, -0.15) is 0 Å². The molecular weight excluding hydrogens is 318 g/mol. The van der Waals surface area contributed by atoms with Crippen LogP contribution >= 0.6 is 0 Å². The van der Waals surface area contributed by atoms with E-state index in [1.54, 1.807) is 0 Å². The summed E-state index contributed by atoms with van der Waals surface area (Å²) >= 11 is 0. The maximum atomic E-state index is 11.6. The molecule has 1 fully saturated rings. The Morgan fingerprint density at radius 3 is 2.44 bits per heavy atom. The van der Waals surface area contributed by atoms with Crippen LogP contribution in [0.5, 0.6) is 0 Å². The first-order valence-electron chi connectivity index (χ1n) is 8.79. The zero-order valence-corrected chi connectivity index (χ0v) is 14.4. The van der Waals surface area contributed by atoms with E-state index in [9.17, 15) is 10.1 Å². The van der Waals surface area contributed by atoms with Gasteiger partial charge in [-0.25, -0.2) is 9.97 Å². The minimum atomic E-state index is -0.423. The lowest BCUT2D eigenvalue weighted by atomic mass is 9.95. The Hall–Kier alpha value is -2.70. The highest BCUT2D eigenvalue weighted by atomic mass is 16.6. The van der Waals surface area contributed by atoms with Crippen molar-refractivity contribution in [1.82, 2.24) is 9.97 Å². The van der Waals surface area contributed by atoms with Gasteiger partial charge in [-0.1, -0.05) is 38.3 Å². The number of aromatic nitrogens is 2. The fourth-order valence-electron chi connectivity index (χ4n) is 3.15. The van der Waals surface area contributed by atoms with Crippen molar-refractivity contribution >= 4 is 23.0 Å². The molecule has 1 aromatic heterocycles. The molecule has 3 rings (SSSR count). The second-order valence-corrected chi connectivity index (χ2v) is 6.33. The molecule has 1 aliphatic carbocycles. The number of benzene rings is 1. The normalized spacial score (nSPS) is 14.9. The highest BCUT2D eigenvalue weighted by molar-refractivity contribution is 5.73. The predicted octanol–water partition coefficient (Wildman–Crippen LogP) is 4.44. The molecule has 0 spiro atoms. The summed E-state index contributed by atoms with van der Waals surface area (Å²) in [6, 6.07) is 8.03. The summed E-state index contributed by atoms with van der Waals surface area (Å²) in [5, 5.41) is 17.9. The van der Waals surface area contributed by atoms with Gasteiger partial charge in [-0.3, -0.25) is 10.1 Å². The monoisotopic (exact) mass is 341 g/mol. The molecule has 0 atom stereocenters. The van der Waals surface area contributed by atoms with Crippen molar-refractivity contribution in [2.45, 2.75) is 51.5 Å². The first-order valence-corrected chi connectivity index (χ1v) is 8.79. The van der Waals surface area contributed by atoms with E-state index in [1.807, 2.05) is 24.3 Å². The van der Waals surface area contributed by atoms with Crippen molar-refractivity contribution in [3.05, 3.63) is 46.3 Å². The number of nitrogens with one attached hydrogen (secondary N) is 2. The number of rotatable bonds is 6. The first-order chi connectivity index (χ1) is 12.2. The third-order valence-corrected chi connectivity index (χ3v) is 4.58. The van der Waals surface area contributed by atoms with Gasteiger partial charge in [-0.05, 0) is 37.0 Å². The summed E-state index contributed by atoms with van der Waals surface area (Å²) in [6.45, 7) is 2.08. The smallest absolute Gasteiger partial charge is 0.353 e. The van der Waals surface area contributed by atoms with Crippen LogP contribution in [0.4, 0.5) is 23.0 Å². The summed E-state index contributed by atoms with van der Waals surface area (Å²) in [7, 11) is 0. The minimum Gasteiger partial charge on any atom is -0.361 e. The molecule has 1 aromatic carbocycles. The van der Waals surface area contributed by atoms with Crippen LogP contribution in [0.3, 0.4) is 0 Å². The number of hydrogen-bond donors (Lipinski definition) is 2. The zero-order chi connectivity index (χ0) is 17.6. The average molecular weight is 341 g/mol. The fourth-order valence-corrected chi connectivity index (χ4v) is 3.15. The lowest BCUT2D eigenvalue weighted by Crippen LogP contribution is -2.23. The maximum absolute atomic E-state index is 11.6. The molecule has 0 amide bonds. The molecule has 0 bridgehead atoms. The van der Waals surface area contributed by atoms with Gasteiger partial charge in [0.15, 0.2) is 0 Å². The summed E-state index contributed by atoms with van der Waals surface area (Å²) in [4.78, 5) is 19.4. The summed E-state index contributed by atoms with van der Waals surface area (Å²) in [5.74, 6) is 0.502. The van der Waals surface area contributed by atoms with E-state index in [-0.39, 0.29) is 17.5 Å². The quantitative estimate of drug-likeness (QED) is 0.596. The third-order valence-electron chi connectivity index (χ3n) is 4.58. The van der Waals surface area contributed by atoms with Gasteiger partial charge in [0, 0.05) is 11.7 Å². The van der Waals surface area contributed by atoms with E-state index < -0.39 is 4.92 Å². The Kier molecular flexibility index (Phi) is 5.42. The molecule has 0 radical (unpaired) electrons. The molecule has 7 nitrogen and oxygen atoms in total. The molecule has 2 aromatic rings. The van der Waals surface area contributed by atoms with Crippen LogP contribution in [0, 0.1) is 10.1 Å². The van der Waals surface area contributed by atoms with Crippen LogP contribution in [-0.4, -0.2) is 20.9 Å². The number of hydrogen-bond acceptors (Lipinski definition) is 6. The van der Waals surface area contributed by atoms with Crippen LogP contribution in [0.2, 0.25) is 0 Å². The molecule has 1 aliphatic rings. The molecular formula is C18H23N5O2. The van der Waals surface area contributed by atoms with E-state index >= 15 is 0 Å². The van der Waals surface area contributed by atoms with Crippen LogP contribution in [-0.2, 0) is 6.42 Å². The molecule has 0 unspecified atom stereocenters. The van der Waals surface area contributed by atoms with Crippen molar-refractivity contribution in [2.24, 2.45) is 0 Å². The van der Waals surface area contributed by atoms with E-state index in [1.165, 1.54) is 18.3 Å². The summed E-state index contributed by atoms with van der Waals surface area (Å²) < 4.78 is 0. The number of nitro groups is 1. The molecule has 132 valence electrons. The van der Waals surface area contributed by atoms with Crippen molar-refractivity contribution in [3.8, 4) is 0 Å². The molecule has 1 heterocycles. The predicted molar refractivity (Wildman–Crippen MR) is 98.3 cm³/mol. The summed E-state index contributed by atoms with van der Waals surface area (Å²) in [6.07, 6.45) is 7.86. The Balaban J connectivity index is 1.84. The molecule has 25 heavy (non-hydrogen) atoms. The van der Waals surface area contributed by atoms with Crippen LogP contribution in [0.15, 0.2) is 30.6 Å². The second kappa shape index (κ2) is 7.92. The van der Waals surface area contributed by atoms with E-state index in [4.69, 9.17) is 0 Å². The van der Waals surface area contributed by atoms with Gasteiger partial charge in [0.05, 0.1) is 4.92 Å². The van der Waals surface area contributed by atoms with Gasteiger partial charge < -0.3 is 10.6 Å². The topological polar surface area (TPSA) is 93.0 Å². The van der Waals surface area contributed by atoms with Gasteiger partial charge in [0.25, 0.3) is 0 Å². The largest absolute Gasteiger partial charge is 0.361 e. The third kappa shape index (κ3) is 4.23. The number of anilines is 3. The van der Waals surface area contributed by atoms with E-state index in [0.29, 0.717) is 5.82 Å². The van der Waals surface area contributed by atoms with Gasteiger partial charge in [-0.15, -0.1) is 0 Å². The van der Waals surface area contributed by atoms with Crippen molar-refractivity contribution in [1.29, 1.82) is 0 Å². The number of aryl methyl sites for hydroxylation is 1. The van der Waals surface area contributed by atoms with Crippen LogP contribution in [0.25, 0.3) is 0 Å². The second-order valence-electron chi connectivity index (χ2n) is 6.33. The van der Waals surface area contributed by atoms with Crippen LogP contribution < -0.4 is 10.6 Å². The van der Waals surface area contributed by atoms with Crippen molar-refractivity contribution < 1.29 is 4.92 Å². The van der Waals surface area contributed by atoms with Gasteiger partial charge in [0.1, 0.15) is 6.33 Å². The maximum Gasteiger partial charge on any atom is 0.353 e. The lowest BCUT2D eigenvalue weighted by molar-refractivity contribution is -0.383. The molecule has 1 saturated carbocycles. The van der Waals surface area contributed by atoms with E-state index in [2.05, 4.69) is 27.5 Å². The highest BCUT2D eigenvalue weighted by Crippen LogP contribution is 2.33. The Labute approximate surface area is 147 Å². The first kappa shape index (κ1) is 17.1. The highest BCUT2D eigenvalue weighted by Gasteiger charge is 2.25. The molecule has 2 N–H and O–H groups in total. The molecule has 7 heteroatoms. The van der Waals surface area contributed by atoms with Crippen LogP contribution in [0.1, 0.15) is 44.6 Å². The molecule has 0 saturated heterocycles. The number of nitrogens with zero attached hydrogens (tertiary/aromatic N) is 3. The average Bonchev–Trinajstić information content (AvgIpc) is 2.63. The standard InChI is InChI=1S/C18H23N5O2/c1-2-13-8-10-15(11-9-13)22-18-16(23(24)25)17(19-12-20-18)21-14-6-4-3-5-7-14/h8-12,14H,2-7H2,1H3,(H2,19,20,21,22). The fraction of sp³-hybridized carbons (Fsp3) is 0.444. The lowest BCUT2D eigenvalue weighted by Gasteiger charge is -2.23. The molecule has 0 aliphatic heterocycles. The van der Waals surface area contributed by atoms with Crippen molar-refractivity contribution in [2.75, 3.05) is 10.6 Å². The van der Waals surface area contributed by atoms with E-state index in [0.717, 1.165) is 37.8 Å².